The number of hydrogen-bond acceptors (Lipinski definition) is 4. The third-order valence-electron chi connectivity index (χ3n) is 9.12. The van der Waals surface area contributed by atoms with Crippen molar-refractivity contribution >= 4 is 23.4 Å². The maximum absolute atomic E-state index is 13.9. The molecule has 7 heteroatoms. The second kappa shape index (κ2) is 8.19. The molecule has 2 N–H and O–H groups in total. The van der Waals surface area contributed by atoms with Crippen molar-refractivity contribution < 1.29 is 19.1 Å². The van der Waals surface area contributed by atoms with Gasteiger partial charge in [-0.05, 0) is 55.7 Å². The van der Waals surface area contributed by atoms with E-state index in [0.29, 0.717) is 17.5 Å². The van der Waals surface area contributed by atoms with Crippen LogP contribution in [0.2, 0.25) is 0 Å². The van der Waals surface area contributed by atoms with Gasteiger partial charge in [0.05, 0.1) is 17.9 Å². The first-order chi connectivity index (χ1) is 16.8. The number of anilines is 1. The van der Waals surface area contributed by atoms with Gasteiger partial charge in [-0.3, -0.25) is 14.4 Å². The smallest absolute Gasteiger partial charge is 0.246 e. The van der Waals surface area contributed by atoms with Gasteiger partial charge in [-0.15, -0.1) is 0 Å². The fourth-order valence-corrected chi connectivity index (χ4v) is 6.95. The topological polar surface area (TPSA) is 87.7 Å². The van der Waals surface area contributed by atoms with E-state index in [0.717, 1.165) is 31.2 Å². The Morgan fingerprint density at radius 1 is 1.11 bits per heavy atom. The van der Waals surface area contributed by atoms with E-state index in [1.54, 1.807) is 4.90 Å². The summed E-state index contributed by atoms with van der Waals surface area (Å²) in [6.07, 6.45) is 8.30. The van der Waals surface area contributed by atoms with Gasteiger partial charge in [0.25, 0.3) is 0 Å². The Kier molecular flexibility index (Phi) is 5.33. The minimum atomic E-state index is -1.08. The third kappa shape index (κ3) is 3.53. The number of carbonyl (C=O) groups is 3. The summed E-state index contributed by atoms with van der Waals surface area (Å²) in [5.74, 6) is -0.869. The van der Waals surface area contributed by atoms with E-state index in [4.69, 9.17) is 4.74 Å². The molecule has 2 saturated heterocycles. The number of benzene rings is 1. The van der Waals surface area contributed by atoms with Crippen molar-refractivity contribution in [3.05, 3.63) is 42.0 Å². The Morgan fingerprint density at radius 3 is 2.66 bits per heavy atom. The van der Waals surface area contributed by atoms with E-state index in [9.17, 15) is 14.4 Å². The molecule has 186 valence electrons. The van der Waals surface area contributed by atoms with Crippen LogP contribution in [0.15, 0.2) is 36.4 Å². The van der Waals surface area contributed by atoms with Crippen LogP contribution in [0.3, 0.4) is 0 Å². The molecule has 35 heavy (non-hydrogen) atoms. The van der Waals surface area contributed by atoms with Crippen LogP contribution in [0, 0.1) is 30.6 Å². The average Bonchev–Trinajstić information content (AvgIpc) is 3.41. The van der Waals surface area contributed by atoms with Gasteiger partial charge in [0, 0.05) is 17.8 Å². The summed E-state index contributed by atoms with van der Waals surface area (Å²) in [7, 11) is 0. The van der Waals surface area contributed by atoms with E-state index >= 15 is 0 Å². The van der Waals surface area contributed by atoms with E-state index in [1.807, 2.05) is 43.3 Å². The van der Waals surface area contributed by atoms with Crippen LogP contribution in [0.25, 0.3) is 0 Å². The number of nitrogens with one attached hydrogen (secondary N) is 2. The number of fused-ring (bicyclic) bond motifs is 1. The van der Waals surface area contributed by atoms with Gasteiger partial charge in [-0.1, -0.05) is 51.0 Å². The second-order valence-corrected chi connectivity index (χ2v) is 11.4. The van der Waals surface area contributed by atoms with Crippen LogP contribution < -0.4 is 10.6 Å². The Bertz CT molecular complexity index is 1100. The molecule has 3 heterocycles. The fraction of sp³-hybridized carbons (Fsp3) is 0.607. The highest BCUT2D eigenvalue weighted by Gasteiger charge is 2.74. The normalized spacial score (nSPS) is 39.6. The molecule has 3 aliphatic heterocycles. The van der Waals surface area contributed by atoms with Gasteiger partial charge < -0.3 is 20.3 Å². The van der Waals surface area contributed by atoms with Gasteiger partial charge in [0.1, 0.15) is 11.6 Å². The molecule has 7 nitrogen and oxygen atoms in total. The Labute approximate surface area is 206 Å². The number of carbonyl (C=O) groups excluding carboxylic acids is 3. The molecule has 0 aromatic heterocycles. The molecular formula is C28H35N3O4. The Balaban J connectivity index is 1.29. The number of rotatable bonds is 5. The molecule has 3 amide bonds. The summed E-state index contributed by atoms with van der Waals surface area (Å²) in [5, 5.41) is 6.30. The van der Waals surface area contributed by atoms with E-state index in [-0.39, 0.29) is 29.8 Å². The Hall–Kier alpha value is -2.67. The lowest BCUT2D eigenvalue weighted by Crippen LogP contribution is -2.58. The van der Waals surface area contributed by atoms with Crippen molar-refractivity contribution in [3.8, 4) is 0 Å². The van der Waals surface area contributed by atoms with Gasteiger partial charge >= 0.3 is 0 Å². The van der Waals surface area contributed by atoms with Crippen molar-refractivity contribution in [1.82, 2.24) is 10.2 Å². The van der Waals surface area contributed by atoms with Crippen molar-refractivity contribution in [3.63, 3.8) is 0 Å². The summed E-state index contributed by atoms with van der Waals surface area (Å²) in [5.41, 5.74) is 0.672. The number of ether oxygens (including phenoxy) is 1. The molecule has 5 aliphatic rings. The average molecular weight is 478 g/mol. The van der Waals surface area contributed by atoms with Crippen LogP contribution in [-0.2, 0) is 19.1 Å². The molecule has 2 aliphatic carbocycles. The highest BCUT2D eigenvalue weighted by molar-refractivity contribution is 6.03. The van der Waals surface area contributed by atoms with Crippen LogP contribution in [0.4, 0.5) is 5.69 Å². The molecule has 0 radical (unpaired) electrons. The van der Waals surface area contributed by atoms with Gasteiger partial charge in [-0.25, -0.2) is 0 Å². The lowest BCUT2D eigenvalue weighted by molar-refractivity contribution is -0.142. The zero-order chi connectivity index (χ0) is 24.5. The summed E-state index contributed by atoms with van der Waals surface area (Å²) >= 11 is 0. The first-order valence-corrected chi connectivity index (χ1v) is 13.2. The van der Waals surface area contributed by atoms with Crippen molar-refractivity contribution in [2.75, 3.05) is 5.32 Å². The van der Waals surface area contributed by atoms with Crippen molar-refractivity contribution in [2.45, 2.75) is 82.7 Å². The standard InChI is InChI=1S/C28H35N3O4/c1-15-6-4-8-18(14-15)29-25(32)22-21-12-13-28(35-21)23(22)27(34)31(19-10-11-19)24(28)26(33)30-20-9-5-7-16(2)17(20)3/h4,6,8,12-14,16-17,19-24H,5,7,9-11H2,1-3H3,(H,29,32)(H,30,33)/t16-,17-,20-,21+,22-,23+,24+,28+/m1/s1. The predicted molar refractivity (Wildman–Crippen MR) is 131 cm³/mol. The first-order valence-electron chi connectivity index (χ1n) is 13.2. The zero-order valence-electron chi connectivity index (χ0n) is 20.7. The number of likely N-dealkylation sites (tertiary alicyclic amines) is 1. The highest BCUT2D eigenvalue weighted by atomic mass is 16.5. The summed E-state index contributed by atoms with van der Waals surface area (Å²) in [6, 6.07) is 7.05. The first kappa shape index (κ1) is 22.8. The quantitative estimate of drug-likeness (QED) is 0.638. The summed E-state index contributed by atoms with van der Waals surface area (Å²) in [4.78, 5) is 42.9. The van der Waals surface area contributed by atoms with Gasteiger partial charge in [-0.2, -0.15) is 0 Å². The van der Waals surface area contributed by atoms with Crippen molar-refractivity contribution in [1.29, 1.82) is 0 Å². The molecule has 6 rings (SSSR count). The van der Waals surface area contributed by atoms with E-state index in [1.165, 1.54) is 6.42 Å². The lowest BCUT2D eigenvalue weighted by atomic mass is 9.73. The Morgan fingerprint density at radius 2 is 1.91 bits per heavy atom. The number of hydrogen-bond donors (Lipinski definition) is 2. The van der Waals surface area contributed by atoms with Crippen LogP contribution >= 0.6 is 0 Å². The number of nitrogens with zero attached hydrogens (tertiary/aromatic N) is 1. The fourth-order valence-electron chi connectivity index (χ4n) is 6.95. The van der Waals surface area contributed by atoms with Crippen LogP contribution in [0.5, 0.6) is 0 Å². The second-order valence-electron chi connectivity index (χ2n) is 11.4. The SMILES string of the molecule is Cc1cccc(NC(=O)[C@@H]2[C@@H]3C=C[C@]4(O3)[C@@H]2C(=O)N(C2CC2)[C@H]4C(=O)N[C@@H]2CCC[C@@H](C)[C@H]2C)c1. The van der Waals surface area contributed by atoms with Crippen molar-refractivity contribution in [2.24, 2.45) is 23.7 Å². The zero-order valence-corrected chi connectivity index (χ0v) is 20.7. The molecule has 1 spiro atoms. The summed E-state index contributed by atoms with van der Waals surface area (Å²) < 4.78 is 6.43. The highest BCUT2D eigenvalue weighted by Crippen LogP contribution is 2.57. The molecule has 2 bridgehead atoms. The largest absolute Gasteiger partial charge is 0.359 e. The van der Waals surface area contributed by atoms with Gasteiger partial charge in [0.2, 0.25) is 17.7 Å². The van der Waals surface area contributed by atoms with E-state index < -0.39 is 29.6 Å². The predicted octanol–water partition coefficient (Wildman–Crippen LogP) is 3.19. The number of amides is 3. The molecule has 4 fully saturated rings. The molecule has 1 aromatic carbocycles. The molecular weight excluding hydrogens is 442 g/mol. The third-order valence-corrected chi connectivity index (χ3v) is 9.12. The minimum absolute atomic E-state index is 0.0532. The minimum Gasteiger partial charge on any atom is -0.359 e. The molecule has 2 saturated carbocycles. The van der Waals surface area contributed by atoms with Gasteiger partial charge in [0.15, 0.2) is 0 Å². The summed E-state index contributed by atoms with van der Waals surface area (Å²) in [6.45, 7) is 6.42. The van der Waals surface area contributed by atoms with Crippen LogP contribution in [-0.4, -0.2) is 52.5 Å². The number of aryl methyl sites for hydroxylation is 1. The molecule has 8 atom stereocenters. The monoisotopic (exact) mass is 477 g/mol. The molecule has 0 unspecified atom stereocenters. The maximum Gasteiger partial charge on any atom is 0.246 e. The molecule has 1 aromatic rings. The maximum atomic E-state index is 13.9. The van der Waals surface area contributed by atoms with Crippen LogP contribution in [0.1, 0.15) is 51.5 Å². The lowest BCUT2D eigenvalue weighted by Gasteiger charge is -2.38. The van der Waals surface area contributed by atoms with E-state index in [2.05, 4.69) is 24.5 Å².